The minimum Gasteiger partial charge on any atom is -0.497 e. The van der Waals surface area contributed by atoms with Crippen LogP contribution in [0.4, 0.5) is 0 Å². The molecule has 72 valence electrons. The second kappa shape index (κ2) is 3.32. The van der Waals surface area contributed by atoms with E-state index in [9.17, 15) is 0 Å². The van der Waals surface area contributed by atoms with Crippen LogP contribution in [0.2, 0.25) is 0 Å². The molecule has 3 nitrogen and oxygen atoms in total. The number of methoxy groups -OCH3 is 1. The Labute approximate surface area is 82.9 Å². The molecule has 1 heterocycles. The summed E-state index contributed by atoms with van der Waals surface area (Å²) >= 11 is 0. The first-order valence-corrected chi connectivity index (χ1v) is 4.44. The molecule has 0 amide bonds. The first-order valence-electron chi connectivity index (χ1n) is 4.44. The van der Waals surface area contributed by atoms with Crippen molar-refractivity contribution in [2.45, 2.75) is 5.41 Å². The van der Waals surface area contributed by atoms with Crippen LogP contribution in [0.15, 0.2) is 24.3 Å². The van der Waals surface area contributed by atoms with Crippen molar-refractivity contribution in [2.75, 3.05) is 20.3 Å². The van der Waals surface area contributed by atoms with Crippen molar-refractivity contribution >= 4 is 0 Å². The predicted molar refractivity (Wildman–Crippen MR) is 51.1 cm³/mol. The van der Waals surface area contributed by atoms with Gasteiger partial charge in [-0.25, -0.2) is 0 Å². The van der Waals surface area contributed by atoms with Gasteiger partial charge in [0.1, 0.15) is 11.2 Å². The van der Waals surface area contributed by atoms with Gasteiger partial charge in [-0.05, 0) is 17.7 Å². The van der Waals surface area contributed by atoms with Gasteiger partial charge in [-0.3, -0.25) is 0 Å². The molecule has 0 aliphatic carbocycles. The van der Waals surface area contributed by atoms with Crippen LogP contribution in [-0.2, 0) is 10.2 Å². The third-order valence-corrected chi connectivity index (χ3v) is 2.55. The van der Waals surface area contributed by atoms with Crippen LogP contribution in [0.5, 0.6) is 5.75 Å². The Hall–Kier alpha value is -1.53. The van der Waals surface area contributed by atoms with E-state index < -0.39 is 5.41 Å². The number of rotatable bonds is 2. The number of benzene rings is 1. The van der Waals surface area contributed by atoms with Gasteiger partial charge in [0.05, 0.1) is 26.4 Å². The summed E-state index contributed by atoms with van der Waals surface area (Å²) in [5, 5.41) is 9.06. The van der Waals surface area contributed by atoms with E-state index in [1.807, 2.05) is 24.3 Å². The summed E-state index contributed by atoms with van der Waals surface area (Å²) < 4.78 is 10.1. The summed E-state index contributed by atoms with van der Waals surface area (Å²) in [7, 11) is 1.63. The molecule has 0 unspecified atom stereocenters. The monoisotopic (exact) mass is 189 g/mol. The molecule has 0 radical (unpaired) electrons. The van der Waals surface area contributed by atoms with Gasteiger partial charge in [0.15, 0.2) is 0 Å². The first-order chi connectivity index (χ1) is 6.80. The molecule has 1 aromatic rings. The largest absolute Gasteiger partial charge is 0.497 e. The van der Waals surface area contributed by atoms with E-state index in [-0.39, 0.29) is 0 Å². The molecule has 2 rings (SSSR count). The molecule has 1 fully saturated rings. The number of nitriles is 1. The molecule has 0 saturated carbocycles. The van der Waals surface area contributed by atoms with Crippen molar-refractivity contribution in [1.29, 1.82) is 5.26 Å². The lowest BCUT2D eigenvalue weighted by Gasteiger charge is -2.35. The predicted octanol–water partition coefficient (Wildman–Crippen LogP) is 1.49. The molecule has 1 aliphatic rings. The highest BCUT2D eigenvalue weighted by Crippen LogP contribution is 2.32. The third kappa shape index (κ3) is 1.24. The lowest BCUT2D eigenvalue weighted by Crippen LogP contribution is -2.45. The minimum absolute atomic E-state index is 0.424. The molecular formula is C11H11NO2. The fourth-order valence-corrected chi connectivity index (χ4v) is 1.51. The summed E-state index contributed by atoms with van der Waals surface area (Å²) in [6.07, 6.45) is 0. The smallest absolute Gasteiger partial charge is 0.129 e. The van der Waals surface area contributed by atoms with Crippen LogP contribution in [0.3, 0.4) is 0 Å². The highest BCUT2D eigenvalue weighted by molar-refractivity contribution is 5.38. The lowest BCUT2D eigenvalue weighted by atomic mass is 9.80. The molecule has 0 bridgehead atoms. The maximum absolute atomic E-state index is 9.06. The summed E-state index contributed by atoms with van der Waals surface area (Å²) in [5.74, 6) is 0.807. The number of ether oxygens (including phenoxy) is 2. The molecular weight excluding hydrogens is 178 g/mol. The highest BCUT2D eigenvalue weighted by Gasteiger charge is 2.40. The maximum Gasteiger partial charge on any atom is 0.129 e. The second-order valence-corrected chi connectivity index (χ2v) is 3.42. The molecule has 3 heteroatoms. The molecule has 0 spiro atoms. The van der Waals surface area contributed by atoms with Crippen molar-refractivity contribution in [2.24, 2.45) is 0 Å². The summed E-state index contributed by atoms with van der Waals surface area (Å²) in [4.78, 5) is 0. The highest BCUT2D eigenvalue weighted by atomic mass is 16.5. The zero-order chi connectivity index (χ0) is 10.0. The van der Waals surface area contributed by atoms with E-state index in [4.69, 9.17) is 14.7 Å². The Balaban J connectivity index is 2.29. The van der Waals surface area contributed by atoms with Crippen LogP contribution in [-0.4, -0.2) is 20.3 Å². The third-order valence-electron chi connectivity index (χ3n) is 2.55. The number of hydrogen-bond acceptors (Lipinski definition) is 3. The van der Waals surface area contributed by atoms with Crippen LogP contribution >= 0.6 is 0 Å². The van der Waals surface area contributed by atoms with Crippen LogP contribution in [0, 0.1) is 11.3 Å². The number of nitrogens with zero attached hydrogens (tertiary/aromatic N) is 1. The van der Waals surface area contributed by atoms with Gasteiger partial charge in [-0.2, -0.15) is 5.26 Å². The zero-order valence-corrected chi connectivity index (χ0v) is 7.99. The van der Waals surface area contributed by atoms with Gasteiger partial charge < -0.3 is 9.47 Å². The summed E-state index contributed by atoms with van der Waals surface area (Å²) in [5.41, 5.74) is 0.582. The molecule has 0 aromatic heterocycles. The van der Waals surface area contributed by atoms with Crippen molar-refractivity contribution in [1.82, 2.24) is 0 Å². The Morgan fingerprint density at radius 2 is 2.00 bits per heavy atom. The van der Waals surface area contributed by atoms with Crippen molar-refractivity contribution in [3.8, 4) is 11.8 Å². The minimum atomic E-state index is -0.424. The molecule has 1 saturated heterocycles. The van der Waals surface area contributed by atoms with Gasteiger partial charge in [0.2, 0.25) is 0 Å². The average Bonchev–Trinajstić information content (AvgIpc) is 2.18. The SMILES string of the molecule is COc1ccc(C2(C#N)COC2)cc1. The summed E-state index contributed by atoms with van der Waals surface area (Å²) in [6.45, 7) is 0.992. The van der Waals surface area contributed by atoms with Crippen molar-refractivity contribution < 1.29 is 9.47 Å². The Bertz CT molecular complexity index is 360. The molecule has 14 heavy (non-hydrogen) atoms. The van der Waals surface area contributed by atoms with Crippen LogP contribution in [0.1, 0.15) is 5.56 Å². The Morgan fingerprint density at radius 3 is 2.36 bits per heavy atom. The number of hydrogen-bond donors (Lipinski definition) is 0. The molecule has 0 atom stereocenters. The standard InChI is InChI=1S/C11H11NO2/c1-13-10-4-2-9(3-5-10)11(6-12)7-14-8-11/h2-5H,7-8H2,1H3. The van der Waals surface area contributed by atoms with Crippen LogP contribution < -0.4 is 4.74 Å². The quantitative estimate of drug-likeness (QED) is 0.707. The van der Waals surface area contributed by atoms with E-state index >= 15 is 0 Å². The van der Waals surface area contributed by atoms with Gasteiger partial charge in [0.25, 0.3) is 0 Å². The fourth-order valence-electron chi connectivity index (χ4n) is 1.51. The average molecular weight is 189 g/mol. The normalized spacial score (nSPS) is 18.0. The van der Waals surface area contributed by atoms with Gasteiger partial charge in [-0.15, -0.1) is 0 Å². The van der Waals surface area contributed by atoms with Crippen molar-refractivity contribution in [3.05, 3.63) is 29.8 Å². The van der Waals surface area contributed by atoms with Gasteiger partial charge >= 0.3 is 0 Å². The Morgan fingerprint density at radius 1 is 1.36 bits per heavy atom. The topological polar surface area (TPSA) is 42.2 Å². The van der Waals surface area contributed by atoms with E-state index in [1.165, 1.54) is 0 Å². The lowest BCUT2D eigenvalue weighted by molar-refractivity contribution is -0.0298. The fraction of sp³-hybridized carbons (Fsp3) is 0.364. The Kier molecular flexibility index (Phi) is 2.14. The van der Waals surface area contributed by atoms with Gasteiger partial charge in [-0.1, -0.05) is 12.1 Å². The molecule has 1 aliphatic heterocycles. The summed E-state index contributed by atoms with van der Waals surface area (Å²) in [6, 6.07) is 9.88. The van der Waals surface area contributed by atoms with Crippen molar-refractivity contribution in [3.63, 3.8) is 0 Å². The zero-order valence-electron chi connectivity index (χ0n) is 7.99. The van der Waals surface area contributed by atoms with E-state index in [0.29, 0.717) is 13.2 Å². The van der Waals surface area contributed by atoms with E-state index in [1.54, 1.807) is 7.11 Å². The maximum atomic E-state index is 9.06. The van der Waals surface area contributed by atoms with Gasteiger partial charge in [0, 0.05) is 0 Å². The van der Waals surface area contributed by atoms with E-state index in [2.05, 4.69) is 6.07 Å². The molecule has 1 aromatic carbocycles. The van der Waals surface area contributed by atoms with Crippen LogP contribution in [0.25, 0.3) is 0 Å². The molecule has 0 N–H and O–H groups in total. The second-order valence-electron chi connectivity index (χ2n) is 3.42. The van der Waals surface area contributed by atoms with E-state index in [0.717, 1.165) is 11.3 Å². The first kappa shape index (κ1) is 9.04.